The molecule has 1 unspecified atom stereocenters. The summed E-state index contributed by atoms with van der Waals surface area (Å²) in [5, 5.41) is 12.4. The number of amides is 1. The third-order valence-corrected chi connectivity index (χ3v) is 7.23. The van der Waals surface area contributed by atoms with E-state index in [1.165, 1.54) is 31.4 Å². The fourth-order valence-electron chi connectivity index (χ4n) is 4.33. The number of sulfone groups is 1. The summed E-state index contributed by atoms with van der Waals surface area (Å²) in [6.07, 6.45) is 1.77. The molecule has 4 rings (SSSR count). The molecule has 8 nitrogen and oxygen atoms in total. The predicted octanol–water partition coefficient (Wildman–Crippen LogP) is 3.66. The number of aryl methyl sites for hydroxylation is 1. The zero-order valence-electron chi connectivity index (χ0n) is 20.8. The number of nitrogens with zero attached hydrogens (tertiary/aromatic N) is 1. The van der Waals surface area contributed by atoms with Gasteiger partial charge in [-0.3, -0.25) is 4.79 Å². The molecule has 0 fully saturated rings. The lowest BCUT2D eigenvalue weighted by atomic mass is 10.0. The Morgan fingerprint density at radius 2 is 1.95 bits per heavy atom. The number of aliphatic hydroxyl groups is 1. The quantitative estimate of drug-likeness (QED) is 0.437. The van der Waals surface area contributed by atoms with Gasteiger partial charge >= 0.3 is 0 Å². The van der Waals surface area contributed by atoms with Crippen LogP contribution in [0.3, 0.4) is 0 Å². The average Bonchev–Trinajstić information content (AvgIpc) is 3.28. The van der Waals surface area contributed by atoms with Gasteiger partial charge < -0.3 is 24.8 Å². The van der Waals surface area contributed by atoms with Crippen molar-refractivity contribution < 1.29 is 32.2 Å². The number of aliphatic hydroxyl groups excluding tert-OH is 1. The van der Waals surface area contributed by atoms with E-state index in [0.29, 0.717) is 24.2 Å². The number of hydrogen-bond acceptors (Lipinski definition) is 7. The summed E-state index contributed by atoms with van der Waals surface area (Å²) in [4.78, 5) is 15.8. The van der Waals surface area contributed by atoms with Crippen LogP contribution in [0.4, 0.5) is 15.8 Å². The molecule has 0 saturated carbocycles. The first-order valence-electron chi connectivity index (χ1n) is 11.7. The number of ether oxygens (including phenoxy) is 2. The van der Waals surface area contributed by atoms with E-state index in [4.69, 9.17) is 9.47 Å². The van der Waals surface area contributed by atoms with Gasteiger partial charge in [-0.15, -0.1) is 0 Å². The summed E-state index contributed by atoms with van der Waals surface area (Å²) in [5.41, 5.74) is 3.49. The second kappa shape index (κ2) is 10.8. The van der Waals surface area contributed by atoms with Gasteiger partial charge in [0.05, 0.1) is 18.6 Å². The Bertz CT molecular complexity index is 1430. The first-order valence-corrected chi connectivity index (χ1v) is 13.6. The highest BCUT2D eigenvalue weighted by Crippen LogP contribution is 2.36. The maximum Gasteiger partial charge on any atom is 0.254 e. The summed E-state index contributed by atoms with van der Waals surface area (Å²) >= 11 is 0. The molecule has 1 heterocycles. The lowest BCUT2D eigenvalue weighted by Gasteiger charge is -2.27. The number of benzene rings is 3. The van der Waals surface area contributed by atoms with Gasteiger partial charge in [-0.25, -0.2) is 12.8 Å². The van der Waals surface area contributed by atoms with Crippen molar-refractivity contribution in [3.63, 3.8) is 0 Å². The minimum Gasteiger partial charge on any atom is -0.497 e. The number of fused-ring (bicyclic) bond motifs is 1. The van der Waals surface area contributed by atoms with Gasteiger partial charge in [-0.1, -0.05) is 12.1 Å². The summed E-state index contributed by atoms with van der Waals surface area (Å²) in [6.45, 7) is 2.01. The van der Waals surface area contributed by atoms with Crippen LogP contribution >= 0.6 is 0 Å². The molecule has 10 heteroatoms. The molecule has 0 aliphatic carbocycles. The molecule has 3 aromatic carbocycles. The maximum atomic E-state index is 14.1. The molecule has 1 atom stereocenters. The summed E-state index contributed by atoms with van der Waals surface area (Å²) in [7, 11) is -2.17. The van der Waals surface area contributed by atoms with Gasteiger partial charge in [-0.2, -0.15) is 0 Å². The molecule has 196 valence electrons. The monoisotopic (exact) mass is 528 g/mol. The zero-order valence-corrected chi connectivity index (χ0v) is 21.6. The summed E-state index contributed by atoms with van der Waals surface area (Å²) in [5.74, 6) is -0.510. The minimum atomic E-state index is -3.58. The Morgan fingerprint density at radius 3 is 2.65 bits per heavy atom. The molecule has 0 aromatic heterocycles. The number of anilines is 2. The first-order chi connectivity index (χ1) is 17.6. The molecule has 1 aliphatic heterocycles. The van der Waals surface area contributed by atoms with Crippen molar-refractivity contribution in [1.29, 1.82) is 0 Å². The Hall–Kier alpha value is -3.63. The third-order valence-electron chi connectivity index (χ3n) is 6.14. The van der Waals surface area contributed by atoms with Crippen LogP contribution in [0.2, 0.25) is 0 Å². The smallest absolute Gasteiger partial charge is 0.254 e. The Kier molecular flexibility index (Phi) is 7.70. The van der Waals surface area contributed by atoms with Crippen molar-refractivity contribution in [2.45, 2.75) is 24.3 Å². The fourth-order valence-corrected chi connectivity index (χ4v) is 5.00. The minimum absolute atomic E-state index is 0.0125. The normalized spacial score (nSPS) is 13.7. The van der Waals surface area contributed by atoms with E-state index < -0.39 is 21.7 Å². The molecule has 37 heavy (non-hydrogen) atoms. The van der Waals surface area contributed by atoms with Crippen molar-refractivity contribution >= 4 is 27.1 Å². The molecule has 0 bridgehead atoms. The third kappa shape index (κ3) is 5.86. The number of carbonyl (C=O) groups is 1. The van der Waals surface area contributed by atoms with E-state index in [9.17, 15) is 22.7 Å². The topological polar surface area (TPSA) is 105 Å². The second-order valence-corrected chi connectivity index (χ2v) is 10.9. The number of carbonyl (C=O) groups excluding carboxylic acids is 1. The molecule has 1 aliphatic rings. The lowest BCUT2D eigenvalue weighted by Crippen LogP contribution is -2.37. The molecular formula is C27H29FN2O6S. The van der Waals surface area contributed by atoms with Gasteiger partial charge in [0.2, 0.25) is 0 Å². The average molecular weight is 529 g/mol. The largest absolute Gasteiger partial charge is 0.497 e. The Morgan fingerprint density at radius 1 is 1.16 bits per heavy atom. The van der Waals surface area contributed by atoms with Crippen molar-refractivity contribution in [3.8, 4) is 11.5 Å². The van der Waals surface area contributed by atoms with E-state index in [1.807, 2.05) is 25.1 Å². The second-order valence-electron chi connectivity index (χ2n) is 8.87. The number of rotatable bonds is 9. The SMILES string of the molecule is COc1cc(NC(C(=O)N2CCc3ccc(C)cc32)c2ccc(F)cc2OCCO)cc(S(C)(=O)=O)c1. The molecule has 0 radical (unpaired) electrons. The van der Waals surface area contributed by atoms with E-state index in [2.05, 4.69) is 5.32 Å². The number of methoxy groups -OCH3 is 1. The first kappa shape index (κ1) is 26.4. The van der Waals surface area contributed by atoms with E-state index in [-0.39, 0.29) is 35.5 Å². The number of halogens is 1. The van der Waals surface area contributed by atoms with Gasteiger partial charge in [0.25, 0.3) is 5.91 Å². The van der Waals surface area contributed by atoms with Crippen molar-refractivity contribution in [1.82, 2.24) is 0 Å². The highest BCUT2D eigenvalue weighted by molar-refractivity contribution is 7.90. The highest BCUT2D eigenvalue weighted by atomic mass is 32.2. The Balaban J connectivity index is 1.82. The van der Waals surface area contributed by atoms with E-state index in [0.717, 1.165) is 29.1 Å². The molecule has 0 spiro atoms. The number of nitrogens with one attached hydrogen (secondary N) is 1. The summed E-state index contributed by atoms with van der Waals surface area (Å²) < 4.78 is 49.6. The van der Waals surface area contributed by atoms with Crippen LogP contribution in [0, 0.1) is 12.7 Å². The van der Waals surface area contributed by atoms with Crippen LogP contribution in [-0.4, -0.2) is 52.6 Å². The maximum absolute atomic E-state index is 14.1. The molecule has 0 saturated heterocycles. The standard InChI is InChI=1S/C27H29FN2O6S/c1-17-4-5-18-8-9-30(24(18)12-17)27(32)26(23-7-6-19(28)13-25(23)36-11-10-31)29-20-14-21(35-2)16-22(15-20)37(3,33)34/h4-7,12-16,26,29,31H,8-11H2,1-3H3. The zero-order chi connectivity index (χ0) is 26.7. The van der Waals surface area contributed by atoms with Gasteiger partial charge in [0.15, 0.2) is 9.84 Å². The van der Waals surface area contributed by atoms with E-state index in [1.54, 1.807) is 11.0 Å². The highest BCUT2D eigenvalue weighted by Gasteiger charge is 2.33. The van der Waals surface area contributed by atoms with Crippen LogP contribution < -0.4 is 19.7 Å². The van der Waals surface area contributed by atoms with Crippen LogP contribution in [0.15, 0.2) is 59.5 Å². The molecular weight excluding hydrogens is 499 g/mol. The van der Waals surface area contributed by atoms with Crippen LogP contribution in [0.1, 0.15) is 22.7 Å². The van der Waals surface area contributed by atoms with Crippen LogP contribution in [0.25, 0.3) is 0 Å². The molecule has 3 aromatic rings. The Labute approximate surface area is 215 Å². The van der Waals surface area contributed by atoms with Crippen molar-refractivity contribution in [2.75, 3.05) is 43.3 Å². The molecule has 1 amide bonds. The summed E-state index contributed by atoms with van der Waals surface area (Å²) in [6, 6.07) is 13.1. The lowest BCUT2D eigenvalue weighted by molar-refractivity contribution is -0.119. The van der Waals surface area contributed by atoms with E-state index >= 15 is 0 Å². The van der Waals surface area contributed by atoms with Crippen molar-refractivity contribution in [3.05, 3.63) is 77.1 Å². The number of hydrogen-bond donors (Lipinski definition) is 2. The fraction of sp³-hybridized carbons (Fsp3) is 0.296. The molecule has 2 N–H and O–H groups in total. The van der Waals surface area contributed by atoms with Crippen molar-refractivity contribution in [2.24, 2.45) is 0 Å². The van der Waals surface area contributed by atoms with Gasteiger partial charge in [0, 0.05) is 41.9 Å². The van der Waals surface area contributed by atoms with Gasteiger partial charge in [-0.05, 0) is 54.8 Å². The van der Waals surface area contributed by atoms with Crippen LogP contribution in [0.5, 0.6) is 11.5 Å². The van der Waals surface area contributed by atoms with Gasteiger partial charge in [0.1, 0.15) is 30.0 Å². The predicted molar refractivity (Wildman–Crippen MR) is 139 cm³/mol. The van der Waals surface area contributed by atoms with Crippen LogP contribution in [-0.2, 0) is 21.1 Å².